The largest absolute Gasteiger partial charge is 0.507 e. The molecule has 2 N–H and O–H groups in total. The third kappa shape index (κ3) is 6.79. The monoisotopic (exact) mass is 438 g/mol. The van der Waals surface area contributed by atoms with Crippen molar-refractivity contribution in [2.24, 2.45) is 5.10 Å². The third-order valence-electron chi connectivity index (χ3n) is 4.77. The molecular formula is C23H30N6O3. The SMILES string of the molecule is C=CN(/C=C\C)c1cc(N/N=C/c2cc(C)ccc2O)nc(OCCN2CCOCC2)n1. The first-order valence-electron chi connectivity index (χ1n) is 10.5. The van der Waals surface area contributed by atoms with Crippen LogP contribution in [0.5, 0.6) is 11.8 Å². The molecule has 2 heterocycles. The molecule has 0 aliphatic carbocycles. The molecule has 1 fully saturated rings. The van der Waals surface area contributed by atoms with Gasteiger partial charge in [-0.15, -0.1) is 0 Å². The highest BCUT2D eigenvalue weighted by Crippen LogP contribution is 2.21. The van der Waals surface area contributed by atoms with Crippen LogP contribution in [-0.4, -0.2) is 65.6 Å². The number of ether oxygens (including phenoxy) is 2. The van der Waals surface area contributed by atoms with E-state index in [0.717, 1.165) is 38.4 Å². The van der Waals surface area contributed by atoms with E-state index in [2.05, 4.69) is 32.0 Å². The maximum atomic E-state index is 9.99. The molecule has 170 valence electrons. The molecule has 0 spiro atoms. The summed E-state index contributed by atoms with van der Waals surface area (Å²) >= 11 is 0. The number of hydrogen-bond acceptors (Lipinski definition) is 9. The lowest BCUT2D eigenvalue weighted by Crippen LogP contribution is -2.38. The molecule has 32 heavy (non-hydrogen) atoms. The van der Waals surface area contributed by atoms with Gasteiger partial charge in [0, 0.05) is 43.7 Å². The van der Waals surface area contributed by atoms with Crippen molar-refractivity contribution in [3.8, 4) is 11.8 Å². The van der Waals surface area contributed by atoms with Crippen LogP contribution in [0.15, 0.2) is 54.4 Å². The van der Waals surface area contributed by atoms with Gasteiger partial charge in [-0.25, -0.2) is 0 Å². The number of nitrogens with one attached hydrogen (secondary N) is 1. The molecule has 0 radical (unpaired) electrons. The van der Waals surface area contributed by atoms with Crippen molar-refractivity contribution in [1.82, 2.24) is 14.9 Å². The van der Waals surface area contributed by atoms with E-state index >= 15 is 0 Å². The number of morpholine rings is 1. The predicted octanol–water partition coefficient (Wildman–Crippen LogP) is 3.13. The van der Waals surface area contributed by atoms with Crippen molar-refractivity contribution in [2.75, 3.05) is 49.8 Å². The highest BCUT2D eigenvalue weighted by Gasteiger charge is 2.12. The van der Waals surface area contributed by atoms with Gasteiger partial charge in [-0.05, 0) is 26.0 Å². The van der Waals surface area contributed by atoms with Crippen LogP contribution < -0.4 is 15.1 Å². The number of aryl methyl sites for hydroxylation is 1. The van der Waals surface area contributed by atoms with E-state index in [1.54, 1.807) is 29.4 Å². The van der Waals surface area contributed by atoms with Crippen LogP contribution in [0.3, 0.4) is 0 Å². The molecule has 9 nitrogen and oxygen atoms in total. The van der Waals surface area contributed by atoms with Crippen LogP contribution in [-0.2, 0) is 4.74 Å². The van der Waals surface area contributed by atoms with E-state index < -0.39 is 0 Å². The number of aromatic nitrogens is 2. The van der Waals surface area contributed by atoms with Crippen molar-refractivity contribution < 1.29 is 14.6 Å². The smallest absolute Gasteiger partial charge is 0.320 e. The fourth-order valence-electron chi connectivity index (χ4n) is 3.09. The second kappa shape index (κ2) is 11.8. The number of aromatic hydroxyl groups is 1. The molecule has 1 aliphatic heterocycles. The minimum Gasteiger partial charge on any atom is -0.507 e. The Kier molecular flexibility index (Phi) is 8.59. The Morgan fingerprint density at radius 2 is 2.12 bits per heavy atom. The normalized spacial score (nSPS) is 14.7. The molecule has 1 aliphatic rings. The Morgan fingerprint density at radius 1 is 1.31 bits per heavy atom. The van der Waals surface area contributed by atoms with Crippen molar-refractivity contribution >= 4 is 17.9 Å². The number of nitrogens with zero attached hydrogens (tertiary/aromatic N) is 5. The van der Waals surface area contributed by atoms with Crippen molar-refractivity contribution in [3.63, 3.8) is 0 Å². The molecule has 0 bridgehead atoms. The first-order chi connectivity index (χ1) is 15.6. The van der Waals surface area contributed by atoms with Gasteiger partial charge in [0.15, 0.2) is 5.82 Å². The maximum Gasteiger partial charge on any atom is 0.320 e. The zero-order valence-corrected chi connectivity index (χ0v) is 18.6. The Labute approximate surface area is 188 Å². The number of hydrogen-bond donors (Lipinski definition) is 2. The molecule has 3 rings (SSSR count). The zero-order chi connectivity index (χ0) is 22.8. The van der Waals surface area contributed by atoms with Crippen LogP contribution in [0, 0.1) is 6.92 Å². The summed E-state index contributed by atoms with van der Waals surface area (Å²) in [6, 6.07) is 7.30. The molecule has 2 aromatic rings. The number of phenols is 1. The summed E-state index contributed by atoms with van der Waals surface area (Å²) in [5.41, 5.74) is 4.53. The minimum atomic E-state index is 0.155. The van der Waals surface area contributed by atoms with Gasteiger partial charge in [-0.2, -0.15) is 15.1 Å². The van der Waals surface area contributed by atoms with Gasteiger partial charge in [0.2, 0.25) is 0 Å². The Hall–Kier alpha value is -3.43. The van der Waals surface area contributed by atoms with Crippen LogP contribution in [0.25, 0.3) is 0 Å². The summed E-state index contributed by atoms with van der Waals surface area (Å²) < 4.78 is 11.2. The average molecular weight is 439 g/mol. The van der Waals surface area contributed by atoms with Crippen LogP contribution >= 0.6 is 0 Å². The fraction of sp³-hybridized carbons (Fsp3) is 0.348. The van der Waals surface area contributed by atoms with E-state index in [-0.39, 0.29) is 11.8 Å². The summed E-state index contributed by atoms with van der Waals surface area (Å²) in [6.45, 7) is 12.2. The second-order valence-electron chi connectivity index (χ2n) is 7.20. The Bertz CT molecular complexity index is 957. The number of benzene rings is 1. The third-order valence-corrected chi connectivity index (χ3v) is 4.77. The first-order valence-corrected chi connectivity index (χ1v) is 10.5. The summed E-state index contributed by atoms with van der Waals surface area (Å²) in [6.07, 6.45) is 6.91. The predicted molar refractivity (Wildman–Crippen MR) is 126 cm³/mol. The number of hydrazone groups is 1. The molecule has 9 heteroatoms. The second-order valence-corrected chi connectivity index (χ2v) is 7.20. The van der Waals surface area contributed by atoms with E-state index in [4.69, 9.17) is 9.47 Å². The number of anilines is 2. The van der Waals surface area contributed by atoms with Crippen molar-refractivity contribution in [1.29, 1.82) is 0 Å². The van der Waals surface area contributed by atoms with Gasteiger partial charge in [0.05, 0.1) is 19.4 Å². The molecule has 0 saturated carbocycles. The molecule has 0 unspecified atom stereocenters. The minimum absolute atomic E-state index is 0.155. The number of rotatable bonds is 10. The van der Waals surface area contributed by atoms with E-state index in [9.17, 15) is 5.11 Å². The van der Waals surface area contributed by atoms with Gasteiger partial charge in [0.1, 0.15) is 18.2 Å². The first kappa shape index (κ1) is 23.2. The lowest BCUT2D eigenvalue weighted by molar-refractivity contribution is 0.0317. The van der Waals surface area contributed by atoms with E-state index in [1.165, 1.54) is 0 Å². The van der Waals surface area contributed by atoms with Crippen LogP contribution in [0.2, 0.25) is 0 Å². The highest BCUT2D eigenvalue weighted by molar-refractivity contribution is 5.84. The summed E-state index contributed by atoms with van der Waals surface area (Å²) in [7, 11) is 0. The van der Waals surface area contributed by atoms with Gasteiger partial charge in [-0.3, -0.25) is 10.3 Å². The number of allylic oxidation sites excluding steroid dienone is 1. The molecule has 1 aromatic heterocycles. The molecule has 1 saturated heterocycles. The lowest BCUT2D eigenvalue weighted by Gasteiger charge is -2.26. The van der Waals surface area contributed by atoms with Gasteiger partial charge < -0.3 is 19.5 Å². The zero-order valence-electron chi connectivity index (χ0n) is 18.6. The highest BCUT2D eigenvalue weighted by atomic mass is 16.5. The Morgan fingerprint density at radius 3 is 2.88 bits per heavy atom. The topological polar surface area (TPSA) is 95.3 Å². The summed E-state index contributed by atoms with van der Waals surface area (Å²) in [4.78, 5) is 12.9. The quantitative estimate of drug-likeness (QED) is 0.432. The molecular weight excluding hydrogens is 408 g/mol. The van der Waals surface area contributed by atoms with Gasteiger partial charge >= 0.3 is 6.01 Å². The molecule has 0 amide bonds. The van der Waals surface area contributed by atoms with E-state index in [0.29, 0.717) is 23.8 Å². The number of phenolic OH excluding ortho intramolecular Hbond substituents is 1. The van der Waals surface area contributed by atoms with Crippen LogP contribution in [0.4, 0.5) is 11.6 Å². The van der Waals surface area contributed by atoms with Crippen LogP contribution in [0.1, 0.15) is 18.1 Å². The lowest BCUT2D eigenvalue weighted by atomic mass is 10.1. The van der Waals surface area contributed by atoms with Gasteiger partial charge in [0.25, 0.3) is 0 Å². The molecule has 1 aromatic carbocycles. The molecule has 0 atom stereocenters. The standard InChI is InChI=1S/C23H30N6O3/c1-4-8-29(5-2)22-16-21(27-24-17-19-15-18(3)6-7-20(19)30)25-23(26-22)32-14-11-28-9-12-31-13-10-28/h4-8,15-17,30H,2,9-14H2,1,3H3,(H,25,26,27)/b8-4-,24-17+. The Balaban J connectivity index is 1.74. The van der Waals surface area contributed by atoms with Crippen molar-refractivity contribution in [2.45, 2.75) is 13.8 Å². The summed E-state index contributed by atoms with van der Waals surface area (Å²) in [5, 5.41) is 14.2. The van der Waals surface area contributed by atoms with Crippen molar-refractivity contribution in [3.05, 3.63) is 60.4 Å². The average Bonchev–Trinajstić information content (AvgIpc) is 2.80. The fourth-order valence-corrected chi connectivity index (χ4v) is 3.09. The maximum absolute atomic E-state index is 9.99. The van der Waals surface area contributed by atoms with E-state index in [1.807, 2.05) is 38.3 Å². The summed E-state index contributed by atoms with van der Waals surface area (Å²) in [5.74, 6) is 1.20. The van der Waals surface area contributed by atoms with Gasteiger partial charge in [-0.1, -0.05) is 24.3 Å².